The van der Waals surface area contributed by atoms with Gasteiger partial charge in [0.15, 0.2) is 0 Å². The van der Waals surface area contributed by atoms with E-state index in [1.165, 1.54) is 12.1 Å². The predicted molar refractivity (Wildman–Crippen MR) is 71.3 cm³/mol. The second-order valence-electron chi connectivity index (χ2n) is 3.55. The number of alkyl halides is 3. The van der Waals surface area contributed by atoms with E-state index in [1.54, 1.807) is 12.1 Å². The Morgan fingerprint density at radius 3 is 2.06 bits per heavy atom. The molecule has 0 fully saturated rings. The molecule has 18 heavy (non-hydrogen) atoms. The van der Waals surface area contributed by atoms with Gasteiger partial charge in [0, 0.05) is 3.57 Å². The average molecular weight is 364 g/mol. The first kappa shape index (κ1) is 13.2. The highest BCUT2D eigenvalue weighted by Crippen LogP contribution is 2.28. The molecule has 0 unspecified atom stereocenters. The Balaban J connectivity index is 2.26. The third kappa shape index (κ3) is 3.38. The van der Waals surface area contributed by atoms with E-state index in [2.05, 4.69) is 27.3 Å². The van der Waals surface area contributed by atoms with Crippen molar-refractivity contribution in [3.8, 4) is 16.9 Å². The topological polar surface area (TPSA) is 9.23 Å². The van der Waals surface area contributed by atoms with Crippen LogP contribution < -0.4 is 4.74 Å². The van der Waals surface area contributed by atoms with Crippen molar-refractivity contribution in [2.24, 2.45) is 0 Å². The molecule has 2 rings (SSSR count). The van der Waals surface area contributed by atoms with Gasteiger partial charge in [0.2, 0.25) is 0 Å². The molecule has 0 spiro atoms. The quantitative estimate of drug-likeness (QED) is 0.692. The van der Waals surface area contributed by atoms with Crippen LogP contribution in [0.15, 0.2) is 48.5 Å². The van der Waals surface area contributed by atoms with Gasteiger partial charge in [-0.1, -0.05) is 30.3 Å². The van der Waals surface area contributed by atoms with Gasteiger partial charge in [-0.25, -0.2) is 0 Å². The van der Waals surface area contributed by atoms with Crippen LogP contribution in [0, 0.1) is 3.57 Å². The number of hydrogen-bond acceptors (Lipinski definition) is 1. The SMILES string of the molecule is FC(F)(F)Oc1ccc(-c2ccccc2I)cc1. The minimum Gasteiger partial charge on any atom is -0.406 e. The minimum atomic E-state index is -4.65. The summed E-state index contributed by atoms with van der Waals surface area (Å²) in [6.07, 6.45) is -4.65. The number of benzene rings is 2. The van der Waals surface area contributed by atoms with E-state index in [-0.39, 0.29) is 5.75 Å². The van der Waals surface area contributed by atoms with Crippen LogP contribution in [0.1, 0.15) is 0 Å². The van der Waals surface area contributed by atoms with Crippen molar-refractivity contribution < 1.29 is 17.9 Å². The van der Waals surface area contributed by atoms with E-state index in [1.807, 2.05) is 24.3 Å². The molecule has 0 radical (unpaired) electrons. The molecule has 1 nitrogen and oxygen atoms in total. The molecule has 0 aliphatic carbocycles. The molecule has 5 heteroatoms. The molecule has 0 aliphatic heterocycles. The summed E-state index contributed by atoms with van der Waals surface area (Å²) in [4.78, 5) is 0. The van der Waals surface area contributed by atoms with Crippen molar-refractivity contribution in [3.05, 3.63) is 52.1 Å². The zero-order valence-corrected chi connectivity index (χ0v) is 11.2. The maximum absolute atomic E-state index is 12.0. The lowest BCUT2D eigenvalue weighted by Gasteiger charge is -2.10. The van der Waals surface area contributed by atoms with Crippen molar-refractivity contribution in [2.75, 3.05) is 0 Å². The average Bonchev–Trinajstić information content (AvgIpc) is 2.29. The fourth-order valence-corrected chi connectivity index (χ4v) is 2.23. The number of ether oxygens (including phenoxy) is 1. The molecule has 2 aromatic rings. The summed E-state index contributed by atoms with van der Waals surface area (Å²) in [6.45, 7) is 0. The first-order chi connectivity index (χ1) is 8.46. The van der Waals surface area contributed by atoms with Crippen LogP contribution in [-0.2, 0) is 0 Å². The van der Waals surface area contributed by atoms with Gasteiger partial charge in [0.05, 0.1) is 0 Å². The number of halogens is 4. The van der Waals surface area contributed by atoms with Gasteiger partial charge < -0.3 is 4.74 Å². The highest BCUT2D eigenvalue weighted by atomic mass is 127. The molecule has 0 aromatic heterocycles. The molecule has 0 saturated heterocycles. The lowest BCUT2D eigenvalue weighted by atomic mass is 10.1. The summed E-state index contributed by atoms with van der Waals surface area (Å²) in [6, 6.07) is 13.5. The number of hydrogen-bond donors (Lipinski definition) is 0. The first-order valence-electron chi connectivity index (χ1n) is 5.06. The summed E-state index contributed by atoms with van der Waals surface area (Å²) < 4.78 is 40.9. The Morgan fingerprint density at radius 2 is 1.50 bits per heavy atom. The summed E-state index contributed by atoms with van der Waals surface area (Å²) in [5.41, 5.74) is 1.84. The second-order valence-corrected chi connectivity index (χ2v) is 4.71. The summed E-state index contributed by atoms with van der Waals surface area (Å²) in [5, 5.41) is 0. The maximum atomic E-state index is 12.0. The molecule has 94 valence electrons. The highest BCUT2D eigenvalue weighted by Gasteiger charge is 2.30. The Morgan fingerprint density at radius 1 is 0.889 bits per heavy atom. The zero-order chi connectivity index (χ0) is 13.2. The van der Waals surface area contributed by atoms with E-state index >= 15 is 0 Å². The smallest absolute Gasteiger partial charge is 0.406 e. The summed E-state index contributed by atoms with van der Waals surface area (Å²) in [7, 11) is 0. The van der Waals surface area contributed by atoms with Gasteiger partial charge in [-0.05, 0) is 51.9 Å². The Kier molecular flexibility index (Phi) is 3.79. The molecule has 0 bridgehead atoms. The van der Waals surface area contributed by atoms with Crippen molar-refractivity contribution in [1.82, 2.24) is 0 Å². The summed E-state index contributed by atoms with van der Waals surface area (Å²) in [5.74, 6) is -0.211. The zero-order valence-electron chi connectivity index (χ0n) is 9.04. The van der Waals surface area contributed by atoms with Crippen LogP contribution >= 0.6 is 22.6 Å². The second kappa shape index (κ2) is 5.17. The van der Waals surface area contributed by atoms with Crippen LogP contribution in [0.3, 0.4) is 0 Å². The molecule has 0 amide bonds. The molecule has 0 saturated carbocycles. The largest absolute Gasteiger partial charge is 0.573 e. The van der Waals surface area contributed by atoms with Crippen molar-refractivity contribution >= 4 is 22.6 Å². The van der Waals surface area contributed by atoms with Crippen LogP contribution in [0.4, 0.5) is 13.2 Å². The van der Waals surface area contributed by atoms with E-state index in [0.717, 1.165) is 14.7 Å². The Hall–Kier alpha value is -1.24. The molecule has 0 N–H and O–H groups in total. The van der Waals surface area contributed by atoms with Gasteiger partial charge in [0.1, 0.15) is 5.75 Å². The lowest BCUT2D eigenvalue weighted by Crippen LogP contribution is -2.16. The van der Waals surface area contributed by atoms with Crippen LogP contribution in [0.5, 0.6) is 5.75 Å². The fraction of sp³-hybridized carbons (Fsp3) is 0.0769. The minimum absolute atomic E-state index is 0.211. The monoisotopic (exact) mass is 364 g/mol. The van der Waals surface area contributed by atoms with E-state index in [0.29, 0.717) is 0 Å². The normalized spacial score (nSPS) is 11.3. The number of rotatable bonds is 2. The molecule has 0 heterocycles. The molecular formula is C13H8F3IO. The van der Waals surface area contributed by atoms with E-state index < -0.39 is 6.36 Å². The molecule has 0 atom stereocenters. The van der Waals surface area contributed by atoms with Gasteiger partial charge in [-0.2, -0.15) is 0 Å². The standard InChI is InChI=1S/C13H8F3IO/c14-13(15,16)18-10-7-5-9(6-8-10)11-3-1-2-4-12(11)17/h1-8H. The van der Waals surface area contributed by atoms with Crippen LogP contribution in [0.25, 0.3) is 11.1 Å². The van der Waals surface area contributed by atoms with Gasteiger partial charge >= 0.3 is 6.36 Å². The van der Waals surface area contributed by atoms with E-state index in [4.69, 9.17) is 0 Å². The predicted octanol–water partition coefficient (Wildman–Crippen LogP) is 4.86. The van der Waals surface area contributed by atoms with E-state index in [9.17, 15) is 13.2 Å². The molecule has 2 aromatic carbocycles. The Labute approximate surface area is 116 Å². The van der Waals surface area contributed by atoms with Crippen LogP contribution in [0.2, 0.25) is 0 Å². The third-order valence-electron chi connectivity index (χ3n) is 2.27. The van der Waals surface area contributed by atoms with Crippen molar-refractivity contribution in [3.63, 3.8) is 0 Å². The molecule has 0 aliphatic rings. The van der Waals surface area contributed by atoms with Crippen molar-refractivity contribution in [1.29, 1.82) is 0 Å². The van der Waals surface area contributed by atoms with Gasteiger partial charge in [-0.15, -0.1) is 13.2 Å². The van der Waals surface area contributed by atoms with Crippen LogP contribution in [-0.4, -0.2) is 6.36 Å². The third-order valence-corrected chi connectivity index (χ3v) is 3.21. The lowest BCUT2D eigenvalue weighted by molar-refractivity contribution is -0.274. The highest BCUT2D eigenvalue weighted by molar-refractivity contribution is 14.1. The summed E-state index contributed by atoms with van der Waals surface area (Å²) >= 11 is 2.18. The fourth-order valence-electron chi connectivity index (χ4n) is 1.53. The van der Waals surface area contributed by atoms with Gasteiger partial charge in [-0.3, -0.25) is 0 Å². The molecular weight excluding hydrogens is 356 g/mol. The Bertz CT molecular complexity index is 535. The van der Waals surface area contributed by atoms with Gasteiger partial charge in [0.25, 0.3) is 0 Å². The first-order valence-corrected chi connectivity index (χ1v) is 6.14. The van der Waals surface area contributed by atoms with Crippen molar-refractivity contribution in [2.45, 2.75) is 6.36 Å². The maximum Gasteiger partial charge on any atom is 0.573 e.